The maximum Gasteiger partial charge on any atom is 2.00 e. The predicted octanol–water partition coefficient (Wildman–Crippen LogP) is 4.72. The summed E-state index contributed by atoms with van der Waals surface area (Å²) in [5, 5.41) is 24.2. The average Bonchev–Trinajstić information content (AvgIpc) is 3.39. The third-order valence-electron chi connectivity index (χ3n) is 14.5. The van der Waals surface area contributed by atoms with E-state index < -0.39 is 11.9 Å². The third-order valence-corrected chi connectivity index (χ3v) is 14.5. The van der Waals surface area contributed by atoms with Crippen LogP contribution in [0.25, 0.3) is 22.7 Å². The van der Waals surface area contributed by atoms with E-state index in [0.29, 0.717) is 0 Å². The fourth-order valence-electron chi connectivity index (χ4n) is 11.2. The maximum atomic E-state index is 12.1. The normalized spacial score (nSPS) is 15.2. The molecule has 0 spiro atoms. The van der Waals surface area contributed by atoms with E-state index in [1.165, 1.54) is 77.0 Å². The summed E-state index contributed by atoms with van der Waals surface area (Å²) in [6.07, 6.45) is 22.5. The van der Waals surface area contributed by atoms with Gasteiger partial charge in [-0.3, -0.25) is 0 Å². The van der Waals surface area contributed by atoms with Crippen molar-refractivity contribution in [3.8, 4) is 22.7 Å². The molecule has 0 N–H and O–H groups in total. The topological polar surface area (TPSA) is 153 Å². The number of ether oxygens (including phenoxy) is 6. The Hall–Kier alpha value is -2.96. The molecule has 17 heteroatoms. The minimum Gasteiger partial charge on any atom is -1.00 e. The Morgan fingerprint density at radius 3 is 0.671 bits per heavy atom. The molecule has 0 bridgehead atoms. The van der Waals surface area contributed by atoms with Crippen LogP contribution in [0.5, 0.6) is 0 Å². The maximum absolute atomic E-state index is 12.1. The molecule has 0 aliphatic carbocycles. The quantitative estimate of drug-likeness (QED) is 0.169. The molecule has 6 aliphatic rings. The number of carbonyl (C=O) groups excluding carboxylic acids is 2. The number of carboxylic acids is 2. The van der Waals surface area contributed by atoms with Gasteiger partial charge in [0.05, 0.1) is 0 Å². The number of benzene rings is 4. The van der Waals surface area contributed by atoms with Crippen LogP contribution < -0.4 is 67.3 Å². The Morgan fingerprint density at radius 1 is 0.341 bits per heavy atom. The van der Waals surface area contributed by atoms with Crippen LogP contribution in [-0.4, -0.2) is 100 Å². The number of hydrogen-bond donors (Lipinski definition) is 0. The molecule has 12 rings (SSSR count). The summed E-state index contributed by atoms with van der Waals surface area (Å²) in [6, 6.07) is 16.5. The zero-order chi connectivity index (χ0) is 59.6. The van der Waals surface area contributed by atoms with Gasteiger partial charge in [0, 0.05) is 79.3 Å². The number of carbonyl (C=O) groups is 2. The van der Waals surface area contributed by atoms with Crippen LogP contribution in [0.4, 0.5) is 0 Å². The number of aromatic carboxylic acids is 2. The van der Waals surface area contributed by atoms with Gasteiger partial charge in [0.1, 0.15) is 47.5 Å². The molecule has 0 amide bonds. The van der Waals surface area contributed by atoms with Crippen molar-refractivity contribution in [2.45, 2.75) is 160 Å². The molecule has 0 unspecified atom stereocenters. The Kier molecular flexibility index (Phi) is 38.7. The van der Waals surface area contributed by atoms with Crippen LogP contribution in [-0.2, 0) is 28.4 Å². The van der Waals surface area contributed by atoms with Gasteiger partial charge >= 0.3 is 61.0 Å². The van der Waals surface area contributed by atoms with Crippen molar-refractivity contribution in [2.75, 3.05) is 79.3 Å². The zero-order valence-corrected chi connectivity index (χ0v) is 59.6. The molecule has 85 heavy (non-hydrogen) atoms. The molecule has 6 fully saturated rings. The first-order valence-electron chi connectivity index (χ1n) is 29.9. The van der Waals surface area contributed by atoms with E-state index in [1.807, 2.05) is 83.1 Å². The van der Waals surface area contributed by atoms with Gasteiger partial charge in [-0.1, -0.05) is 70.8 Å². The zero-order valence-electron chi connectivity index (χ0n) is 52.9. The predicted molar refractivity (Wildman–Crippen MR) is 320 cm³/mol. The number of halogens is 2. The van der Waals surface area contributed by atoms with Gasteiger partial charge in [0.25, 0.3) is 0 Å². The van der Waals surface area contributed by atoms with E-state index in [0.717, 1.165) is 169 Å². The van der Waals surface area contributed by atoms with Gasteiger partial charge in [-0.15, -0.1) is 0 Å². The number of aryl methyl sites for hydroxylation is 12. The molecule has 6 aromatic rings. The van der Waals surface area contributed by atoms with Crippen LogP contribution in [0.1, 0.15) is 165 Å². The molecule has 4 aromatic carbocycles. The monoisotopic (exact) mass is 1540 g/mol. The van der Waals surface area contributed by atoms with E-state index in [9.17, 15) is 19.8 Å². The summed E-state index contributed by atoms with van der Waals surface area (Å²) in [7, 11) is 0. The summed E-state index contributed by atoms with van der Waals surface area (Å²) >= 11 is 0. The van der Waals surface area contributed by atoms with Crippen molar-refractivity contribution in [1.82, 2.24) is 9.13 Å². The van der Waals surface area contributed by atoms with Crippen molar-refractivity contribution in [2.24, 2.45) is 0 Å². The largest absolute Gasteiger partial charge is 2.00 e. The van der Waals surface area contributed by atoms with Crippen LogP contribution in [0.15, 0.2) is 73.3 Å². The second-order valence-corrected chi connectivity index (χ2v) is 22.2. The van der Waals surface area contributed by atoms with Gasteiger partial charge < -0.3 is 96.2 Å². The second-order valence-electron chi connectivity index (χ2n) is 22.2. The van der Waals surface area contributed by atoms with Gasteiger partial charge in [0.2, 0.25) is 0 Å². The van der Waals surface area contributed by atoms with Crippen molar-refractivity contribution in [3.63, 3.8) is 0 Å². The number of hydrogen-bond acceptors (Lipinski definition) is 10. The van der Waals surface area contributed by atoms with Crippen molar-refractivity contribution in [3.05, 3.63) is 152 Å². The summed E-state index contributed by atoms with van der Waals surface area (Å²) in [5.74, 6) is -2.16. The first-order valence-corrected chi connectivity index (χ1v) is 29.9. The molecule has 0 atom stereocenters. The van der Waals surface area contributed by atoms with Gasteiger partial charge in [-0.05, 0) is 205 Å². The summed E-state index contributed by atoms with van der Waals surface area (Å²) < 4.78 is 36.5. The van der Waals surface area contributed by atoms with Crippen molar-refractivity contribution < 1.29 is 155 Å². The Morgan fingerprint density at radius 2 is 0.518 bits per heavy atom. The molecule has 2 aromatic heterocycles. The van der Waals surface area contributed by atoms with Crippen LogP contribution in [0, 0.1) is 132 Å². The van der Waals surface area contributed by atoms with Crippen LogP contribution in [0.3, 0.4) is 0 Å². The molecule has 0 saturated carbocycles. The minimum atomic E-state index is -1.20. The van der Waals surface area contributed by atoms with E-state index in [-0.39, 0.29) is 109 Å². The Bertz CT molecular complexity index is 2420. The van der Waals surface area contributed by atoms with Crippen molar-refractivity contribution >= 4 is 11.9 Å². The van der Waals surface area contributed by atoms with Crippen LogP contribution >= 0.6 is 0 Å². The van der Waals surface area contributed by atoms with Crippen molar-refractivity contribution in [1.29, 1.82) is 0 Å². The van der Waals surface area contributed by atoms with E-state index in [1.54, 1.807) is 43.1 Å². The van der Waals surface area contributed by atoms with E-state index in [4.69, 9.17) is 28.4 Å². The average molecular weight is 1540 g/mol. The minimum absolute atomic E-state index is 0. The van der Waals surface area contributed by atoms with Gasteiger partial charge in [-0.2, -0.15) is 18.3 Å². The molecule has 469 valence electrons. The van der Waals surface area contributed by atoms with Crippen LogP contribution in [0.2, 0.25) is 0 Å². The van der Waals surface area contributed by atoms with Gasteiger partial charge in [-0.25, -0.2) is 0 Å². The molecule has 8 heterocycles. The first-order chi connectivity index (χ1) is 39.4. The molecular weight excluding hydrogens is 1440 g/mol. The summed E-state index contributed by atoms with van der Waals surface area (Å²) in [5.41, 5.74) is 16.4. The molecule has 6 aliphatic heterocycles. The summed E-state index contributed by atoms with van der Waals surface area (Å²) in [6.45, 7) is 36.2. The molecule has 1 radical (unpaired) electrons. The van der Waals surface area contributed by atoms with E-state index >= 15 is 0 Å². The van der Waals surface area contributed by atoms with E-state index in [2.05, 4.69) is 48.5 Å². The fourth-order valence-corrected chi connectivity index (χ4v) is 11.2. The summed E-state index contributed by atoms with van der Waals surface area (Å²) in [4.78, 5) is 24.2. The third kappa shape index (κ3) is 25.5. The smallest absolute Gasteiger partial charge is 1.00 e. The molecule has 6 saturated heterocycles. The number of carboxylic acid groups (broad SMARTS) is 2. The number of imidazole rings is 2. The SMILES string of the molecule is C1CCOC1.C1CCOC1.C1CCOC1.C1CCOC1.C1CCOC1.C1CCOC1.Cc1cc(C)c(-n2cc[n+](-c3c(C)cc(C)cc3C)c2C(=O)[O-])c(C)c1.Cc1cc(C)c(-n2cc[n+](-c3c(C)cc(C)cc3C)c2C(=O)[O-])c(C)c1.[Eu+2].[I-].[I-]. The standard InChI is InChI=1S/2C22H24N2O2.6C4H8O.Eu.2HI/c2*1-13-9-15(3)19(16(4)10-13)23-7-8-24(21(23)22(25)26)20-17(5)11-14(2)12-18(20)6;6*1-2-4-5-3-1;;;/h2*7-12H,1-6H3;6*1-4H2;;2*1H/q;;;;;;;;+2;;/p-2. The number of aromatic nitrogens is 4. The number of nitrogens with zero attached hydrogens (tertiary/aromatic N) is 4. The Balaban J connectivity index is 0.000000380. The molecule has 14 nitrogen and oxygen atoms in total. The first kappa shape index (κ1) is 78.1. The van der Waals surface area contributed by atoms with Gasteiger partial charge in [0.15, 0.2) is 11.9 Å². The number of rotatable bonds is 6. The second kappa shape index (κ2) is 42.1. The Labute approximate surface area is 583 Å². The molecular formula is C68H96EuI2N4O10. The fraction of sp³-hybridized carbons (Fsp3) is 0.529.